The van der Waals surface area contributed by atoms with Gasteiger partial charge in [0, 0.05) is 12.8 Å². The van der Waals surface area contributed by atoms with Gasteiger partial charge in [0.05, 0.1) is 18.2 Å². The fourth-order valence-electron chi connectivity index (χ4n) is 1.35. The number of ether oxygens (including phenoxy) is 1. The molecule has 0 saturated carbocycles. The molecule has 0 amide bonds. The van der Waals surface area contributed by atoms with Crippen molar-refractivity contribution in [3.05, 3.63) is 36.2 Å². The number of hydrogen-bond acceptors (Lipinski definition) is 5. The molecule has 5 nitrogen and oxygen atoms in total. The van der Waals surface area contributed by atoms with Crippen molar-refractivity contribution in [1.82, 2.24) is 14.8 Å². The summed E-state index contributed by atoms with van der Waals surface area (Å²) in [6.07, 6.45) is 1.67. The van der Waals surface area contributed by atoms with Crippen molar-refractivity contribution in [1.29, 1.82) is 5.26 Å². The predicted octanol–water partition coefficient (Wildman–Crippen LogP) is 1.86. The Labute approximate surface area is 109 Å². The summed E-state index contributed by atoms with van der Waals surface area (Å²) < 4.78 is 7.42. The van der Waals surface area contributed by atoms with Crippen LogP contribution >= 0.6 is 11.8 Å². The Morgan fingerprint density at radius 3 is 3.11 bits per heavy atom. The van der Waals surface area contributed by atoms with Crippen molar-refractivity contribution in [3.8, 4) is 11.8 Å². The van der Waals surface area contributed by atoms with E-state index in [0.717, 1.165) is 10.9 Å². The summed E-state index contributed by atoms with van der Waals surface area (Å²) >= 11 is 1.58. The van der Waals surface area contributed by atoms with E-state index in [4.69, 9.17) is 10.00 Å². The fourth-order valence-corrected chi connectivity index (χ4v) is 2.06. The second-order valence-corrected chi connectivity index (χ2v) is 4.62. The van der Waals surface area contributed by atoms with Crippen LogP contribution in [0.25, 0.3) is 0 Å². The standard InChI is InChI=1S/C12H12N4OS/c1-16-9-14-15-12(16)18-6-5-17-11-4-2-3-10(7-11)8-13/h2-4,7,9H,5-6H2,1H3. The van der Waals surface area contributed by atoms with Crippen LogP contribution in [-0.2, 0) is 7.05 Å². The minimum absolute atomic E-state index is 0.562. The van der Waals surface area contributed by atoms with E-state index >= 15 is 0 Å². The quantitative estimate of drug-likeness (QED) is 0.606. The molecule has 1 aromatic carbocycles. The van der Waals surface area contributed by atoms with Crippen LogP contribution in [0.3, 0.4) is 0 Å². The van der Waals surface area contributed by atoms with Crippen molar-refractivity contribution >= 4 is 11.8 Å². The van der Waals surface area contributed by atoms with Crippen molar-refractivity contribution in [2.45, 2.75) is 5.16 Å². The molecule has 1 heterocycles. The first-order valence-electron chi connectivity index (χ1n) is 5.39. The van der Waals surface area contributed by atoms with Gasteiger partial charge in [0.25, 0.3) is 0 Å². The number of aromatic nitrogens is 3. The average Bonchev–Trinajstić information content (AvgIpc) is 2.81. The number of nitriles is 1. The lowest BCUT2D eigenvalue weighted by Gasteiger charge is -2.05. The number of hydrogen-bond donors (Lipinski definition) is 0. The summed E-state index contributed by atoms with van der Waals surface area (Å²) in [5.74, 6) is 1.50. The molecule has 6 heteroatoms. The van der Waals surface area contributed by atoms with E-state index in [1.807, 2.05) is 23.7 Å². The Morgan fingerprint density at radius 1 is 1.50 bits per heavy atom. The van der Waals surface area contributed by atoms with Crippen molar-refractivity contribution < 1.29 is 4.74 Å². The lowest BCUT2D eigenvalue weighted by Crippen LogP contribution is -2.01. The average molecular weight is 260 g/mol. The molecule has 0 atom stereocenters. The minimum Gasteiger partial charge on any atom is -0.493 e. The number of aryl methyl sites for hydroxylation is 1. The molecular weight excluding hydrogens is 248 g/mol. The van der Waals surface area contributed by atoms with Crippen LogP contribution in [0.5, 0.6) is 5.75 Å². The second kappa shape index (κ2) is 6.07. The van der Waals surface area contributed by atoms with Crippen molar-refractivity contribution in [3.63, 3.8) is 0 Å². The lowest BCUT2D eigenvalue weighted by molar-refractivity contribution is 0.343. The smallest absolute Gasteiger partial charge is 0.190 e. The van der Waals surface area contributed by atoms with E-state index in [9.17, 15) is 0 Å². The summed E-state index contributed by atoms with van der Waals surface area (Å²) in [7, 11) is 1.90. The molecule has 0 aliphatic carbocycles. The van der Waals surface area contributed by atoms with E-state index in [-0.39, 0.29) is 0 Å². The van der Waals surface area contributed by atoms with Crippen LogP contribution in [0.4, 0.5) is 0 Å². The molecular formula is C12H12N4OS. The molecule has 18 heavy (non-hydrogen) atoms. The molecule has 0 N–H and O–H groups in total. The van der Waals surface area contributed by atoms with Gasteiger partial charge in [-0.1, -0.05) is 17.8 Å². The first-order chi connectivity index (χ1) is 8.79. The van der Waals surface area contributed by atoms with E-state index in [1.54, 1.807) is 30.2 Å². The van der Waals surface area contributed by atoms with Crippen molar-refractivity contribution in [2.75, 3.05) is 12.4 Å². The van der Waals surface area contributed by atoms with E-state index in [1.165, 1.54) is 0 Å². The lowest BCUT2D eigenvalue weighted by atomic mass is 10.2. The first kappa shape index (κ1) is 12.5. The third-order valence-corrected chi connectivity index (χ3v) is 3.21. The van der Waals surface area contributed by atoms with Gasteiger partial charge in [-0.15, -0.1) is 10.2 Å². The molecule has 0 fully saturated rings. The van der Waals surface area contributed by atoms with Gasteiger partial charge in [0.15, 0.2) is 5.16 Å². The highest BCUT2D eigenvalue weighted by Gasteiger charge is 2.01. The SMILES string of the molecule is Cn1cnnc1SCCOc1cccc(C#N)c1. The Morgan fingerprint density at radius 2 is 2.39 bits per heavy atom. The Hall–Kier alpha value is -2.00. The van der Waals surface area contributed by atoms with Gasteiger partial charge in [0.2, 0.25) is 0 Å². The molecule has 1 aromatic heterocycles. The molecule has 2 rings (SSSR count). The topological polar surface area (TPSA) is 63.7 Å². The number of thioether (sulfide) groups is 1. The Bertz CT molecular complexity index is 561. The molecule has 2 aromatic rings. The van der Waals surface area contributed by atoms with Gasteiger partial charge in [-0.05, 0) is 18.2 Å². The van der Waals surface area contributed by atoms with Crippen LogP contribution in [0, 0.1) is 11.3 Å². The van der Waals surface area contributed by atoms with Crippen LogP contribution in [-0.4, -0.2) is 27.1 Å². The van der Waals surface area contributed by atoms with Crippen LogP contribution in [0.15, 0.2) is 35.7 Å². The zero-order valence-corrected chi connectivity index (χ0v) is 10.7. The highest BCUT2D eigenvalue weighted by atomic mass is 32.2. The van der Waals surface area contributed by atoms with Crippen molar-refractivity contribution in [2.24, 2.45) is 7.05 Å². The minimum atomic E-state index is 0.562. The van der Waals surface area contributed by atoms with Crippen LogP contribution in [0.2, 0.25) is 0 Å². The maximum Gasteiger partial charge on any atom is 0.190 e. The summed E-state index contributed by atoms with van der Waals surface area (Å²) in [6.45, 7) is 0.562. The Balaban J connectivity index is 1.79. The zero-order chi connectivity index (χ0) is 12.8. The molecule has 0 spiro atoms. The largest absolute Gasteiger partial charge is 0.493 e. The number of benzene rings is 1. The summed E-state index contributed by atoms with van der Waals surface area (Å²) in [4.78, 5) is 0. The summed E-state index contributed by atoms with van der Waals surface area (Å²) in [5, 5.41) is 17.4. The molecule has 92 valence electrons. The number of nitrogens with zero attached hydrogens (tertiary/aromatic N) is 4. The third-order valence-electron chi connectivity index (χ3n) is 2.22. The van der Waals surface area contributed by atoms with E-state index in [0.29, 0.717) is 17.9 Å². The van der Waals surface area contributed by atoms with Gasteiger partial charge in [-0.25, -0.2) is 0 Å². The Kier molecular flexibility index (Phi) is 4.20. The van der Waals surface area contributed by atoms with Gasteiger partial charge in [0.1, 0.15) is 12.1 Å². The van der Waals surface area contributed by atoms with Crippen LogP contribution in [0.1, 0.15) is 5.56 Å². The number of rotatable bonds is 5. The second-order valence-electron chi connectivity index (χ2n) is 3.56. The first-order valence-corrected chi connectivity index (χ1v) is 6.38. The monoisotopic (exact) mass is 260 g/mol. The van der Waals surface area contributed by atoms with Gasteiger partial charge in [-0.2, -0.15) is 5.26 Å². The molecule has 0 saturated heterocycles. The highest BCUT2D eigenvalue weighted by Crippen LogP contribution is 2.15. The normalized spacial score (nSPS) is 10.0. The van der Waals surface area contributed by atoms with Gasteiger partial charge < -0.3 is 9.30 Å². The third kappa shape index (κ3) is 3.25. The highest BCUT2D eigenvalue weighted by molar-refractivity contribution is 7.99. The summed E-state index contributed by atoms with van der Waals surface area (Å²) in [5.41, 5.74) is 0.605. The summed E-state index contributed by atoms with van der Waals surface area (Å²) in [6, 6.07) is 9.21. The maximum absolute atomic E-state index is 8.76. The fraction of sp³-hybridized carbons (Fsp3) is 0.250. The molecule has 0 aliphatic rings. The van der Waals surface area contributed by atoms with Crippen LogP contribution < -0.4 is 4.74 Å². The predicted molar refractivity (Wildman–Crippen MR) is 68.4 cm³/mol. The maximum atomic E-state index is 8.76. The molecule has 0 aliphatic heterocycles. The van der Waals surface area contributed by atoms with Gasteiger partial charge in [-0.3, -0.25) is 0 Å². The van der Waals surface area contributed by atoms with Gasteiger partial charge >= 0.3 is 0 Å². The zero-order valence-electron chi connectivity index (χ0n) is 9.91. The molecule has 0 radical (unpaired) electrons. The molecule has 0 bridgehead atoms. The van der Waals surface area contributed by atoms with E-state index < -0.39 is 0 Å². The molecule has 0 unspecified atom stereocenters. The van der Waals surface area contributed by atoms with E-state index in [2.05, 4.69) is 16.3 Å².